The Labute approximate surface area is 187 Å². The highest BCUT2D eigenvalue weighted by atomic mass is 16.2. The molecule has 1 atom stereocenters. The van der Waals surface area contributed by atoms with E-state index in [1.54, 1.807) is 0 Å². The second kappa shape index (κ2) is 11.7. The summed E-state index contributed by atoms with van der Waals surface area (Å²) in [6, 6.07) is 18.0. The molecule has 0 aliphatic heterocycles. The van der Waals surface area contributed by atoms with Gasteiger partial charge >= 0.3 is 0 Å². The lowest BCUT2D eigenvalue weighted by molar-refractivity contribution is -0.141. The topological polar surface area (TPSA) is 49.4 Å². The molecule has 1 fully saturated rings. The third-order valence-corrected chi connectivity index (χ3v) is 6.12. The first-order chi connectivity index (χ1) is 15.1. The Morgan fingerprint density at radius 2 is 1.71 bits per heavy atom. The molecule has 0 unspecified atom stereocenters. The van der Waals surface area contributed by atoms with Crippen molar-refractivity contribution >= 4 is 11.8 Å². The minimum Gasteiger partial charge on any atom is -0.352 e. The number of nitrogens with one attached hydrogen (secondary N) is 1. The number of nitrogens with zero attached hydrogens (tertiary/aromatic N) is 1. The second-order valence-corrected chi connectivity index (χ2v) is 8.81. The van der Waals surface area contributed by atoms with Crippen molar-refractivity contribution in [3.8, 4) is 0 Å². The lowest BCUT2D eigenvalue weighted by Gasteiger charge is -2.33. The van der Waals surface area contributed by atoms with Gasteiger partial charge in [-0.05, 0) is 37.3 Å². The van der Waals surface area contributed by atoms with E-state index in [0.29, 0.717) is 19.4 Å². The molecule has 1 N–H and O–H groups in total. The van der Waals surface area contributed by atoms with E-state index in [-0.39, 0.29) is 17.9 Å². The molecule has 1 aliphatic carbocycles. The smallest absolute Gasteiger partial charge is 0.243 e. The molecule has 0 saturated heterocycles. The van der Waals surface area contributed by atoms with Crippen LogP contribution < -0.4 is 5.32 Å². The number of benzene rings is 2. The van der Waals surface area contributed by atoms with Gasteiger partial charge < -0.3 is 10.2 Å². The van der Waals surface area contributed by atoms with Gasteiger partial charge in [-0.3, -0.25) is 9.59 Å². The van der Waals surface area contributed by atoms with Gasteiger partial charge in [0.1, 0.15) is 6.04 Å². The molecule has 1 aliphatic rings. The molecule has 0 radical (unpaired) electrons. The zero-order valence-corrected chi connectivity index (χ0v) is 19.0. The van der Waals surface area contributed by atoms with Crippen LogP contribution >= 0.6 is 0 Å². The first kappa shape index (κ1) is 23.1. The first-order valence-corrected chi connectivity index (χ1v) is 11.8. The lowest BCUT2D eigenvalue weighted by atomic mass is 9.94. The van der Waals surface area contributed by atoms with Crippen molar-refractivity contribution in [1.29, 1.82) is 0 Å². The van der Waals surface area contributed by atoms with Crippen LogP contribution in [0, 0.1) is 6.92 Å². The van der Waals surface area contributed by atoms with Crippen molar-refractivity contribution in [2.75, 3.05) is 0 Å². The number of carbonyl (C=O) groups excluding carboxylic acids is 2. The van der Waals surface area contributed by atoms with Crippen LogP contribution in [-0.2, 0) is 22.6 Å². The van der Waals surface area contributed by atoms with Crippen molar-refractivity contribution in [1.82, 2.24) is 10.2 Å². The normalized spacial score (nSPS) is 15.3. The van der Waals surface area contributed by atoms with Crippen molar-refractivity contribution in [3.05, 3.63) is 71.3 Å². The molecule has 166 valence electrons. The maximum atomic E-state index is 13.5. The van der Waals surface area contributed by atoms with Crippen LogP contribution in [0.15, 0.2) is 54.6 Å². The first-order valence-electron chi connectivity index (χ1n) is 11.8. The standard InChI is InChI=1S/C27H36N2O2/c1-3-11-26(30)29(20-23-15-10-12-21(2)18-23)25(19-22-13-6-4-7-14-22)27(31)28-24-16-8-5-9-17-24/h4,6-7,10,12-15,18,24-25H,3,5,8-9,11,16-17,19-20H2,1-2H3,(H,28,31)/t25-/m0/s1. The molecule has 0 spiro atoms. The lowest BCUT2D eigenvalue weighted by Crippen LogP contribution is -2.52. The van der Waals surface area contributed by atoms with Crippen LogP contribution in [0.2, 0.25) is 0 Å². The average molecular weight is 421 g/mol. The molecule has 3 rings (SSSR count). The molecule has 1 saturated carbocycles. The average Bonchev–Trinajstić information content (AvgIpc) is 2.77. The maximum absolute atomic E-state index is 13.5. The SMILES string of the molecule is CCCC(=O)N(Cc1cccc(C)c1)[C@@H](Cc1ccccc1)C(=O)NC1CCCCC1. The number of rotatable bonds is 9. The van der Waals surface area contributed by atoms with Crippen molar-refractivity contribution in [2.45, 2.75) is 83.8 Å². The summed E-state index contributed by atoms with van der Waals surface area (Å²) >= 11 is 0. The van der Waals surface area contributed by atoms with E-state index < -0.39 is 6.04 Å². The van der Waals surface area contributed by atoms with Crippen LogP contribution in [0.5, 0.6) is 0 Å². The van der Waals surface area contributed by atoms with Crippen molar-refractivity contribution in [3.63, 3.8) is 0 Å². The molecule has 31 heavy (non-hydrogen) atoms. The fourth-order valence-corrected chi connectivity index (χ4v) is 4.46. The molecule has 2 amide bonds. The summed E-state index contributed by atoms with van der Waals surface area (Å²) < 4.78 is 0. The van der Waals surface area contributed by atoms with E-state index >= 15 is 0 Å². The number of carbonyl (C=O) groups is 2. The van der Waals surface area contributed by atoms with Crippen molar-refractivity contribution < 1.29 is 9.59 Å². The summed E-state index contributed by atoms with van der Waals surface area (Å²) in [5.74, 6) is 0.0246. The number of hydrogen-bond donors (Lipinski definition) is 1. The summed E-state index contributed by atoms with van der Waals surface area (Å²) in [6.45, 7) is 4.52. The van der Waals surface area contributed by atoms with Gasteiger partial charge in [0.15, 0.2) is 0 Å². The molecule has 0 bridgehead atoms. The molecule has 4 nitrogen and oxygen atoms in total. The fraction of sp³-hybridized carbons (Fsp3) is 0.481. The summed E-state index contributed by atoms with van der Waals surface area (Å²) in [5.41, 5.74) is 3.30. The van der Waals surface area contributed by atoms with Gasteiger partial charge in [-0.15, -0.1) is 0 Å². The van der Waals surface area contributed by atoms with Crippen molar-refractivity contribution in [2.24, 2.45) is 0 Å². The van der Waals surface area contributed by atoms with Gasteiger partial charge in [-0.1, -0.05) is 86.3 Å². The van der Waals surface area contributed by atoms with Crippen LogP contribution in [0.4, 0.5) is 0 Å². The van der Waals surface area contributed by atoms with Crippen LogP contribution in [0.25, 0.3) is 0 Å². The number of aryl methyl sites for hydroxylation is 1. The Morgan fingerprint density at radius 3 is 2.39 bits per heavy atom. The van der Waals surface area contributed by atoms with Gasteiger partial charge in [0.05, 0.1) is 0 Å². The van der Waals surface area contributed by atoms with Gasteiger partial charge in [-0.2, -0.15) is 0 Å². The highest BCUT2D eigenvalue weighted by Crippen LogP contribution is 2.20. The predicted molar refractivity (Wildman–Crippen MR) is 126 cm³/mol. The summed E-state index contributed by atoms with van der Waals surface area (Å²) in [4.78, 5) is 28.5. The summed E-state index contributed by atoms with van der Waals surface area (Å²) in [5, 5.41) is 3.28. The zero-order valence-electron chi connectivity index (χ0n) is 19.0. The van der Waals surface area contributed by atoms with Crippen LogP contribution in [0.3, 0.4) is 0 Å². The molecule has 0 heterocycles. The highest BCUT2D eigenvalue weighted by molar-refractivity contribution is 5.88. The van der Waals surface area contributed by atoms with E-state index in [9.17, 15) is 9.59 Å². The van der Waals surface area contributed by atoms with Crippen LogP contribution in [0.1, 0.15) is 68.6 Å². The minimum atomic E-state index is -0.510. The van der Waals surface area contributed by atoms with E-state index in [0.717, 1.165) is 48.8 Å². The third kappa shape index (κ3) is 6.95. The Hall–Kier alpha value is -2.62. The van der Waals surface area contributed by atoms with E-state index in [1.165, 1.54) is 6.42 Å². The third-order valence-electron chi connectivity index (χ3n) is 6.12. The molecule has 0 aromatic heterocycles. The Kier molecular flexibility index (Phi) is 8.69. The summed E-state index contributed by atoms with van der Waals surface area (Å²) in [7, 11) is 0. The van der Waals surface area contributed by atoms with Gasteiger partial charge in [0, 0.05) is 25.4 Å². The fourth-order valence-electron chi connectivity index (χ4n) is 4.46. The Morgan fingerprint density at radius 1 is 1.00 bits per heavy atom. The van der Waals surface area contributed by atoms with Gasteiger partial charge in [-0.25, -0.2) is 0 Å². The number of amides is 2. The second-order valence-electron chi connectivity index (χ2n) is 8.81. The largest absolute Gasteiger partial charge is 0.352 e. The Balaban J connectivity index is 1.88. The van der Waals surface area contributed by atoms with E-state index in [1.807, 2.05) is 54.3 Å². The molecule has 2 aromatic rings. The summed E-state index contributed by atoms with van der Waals surface area (Å²) in [6.07, 6.45) is 7.38. The predicted octanol–water partition coefficient (Wildman–Crippen LogP) is 5.18. The van der Waals surface area contributed by atoms with E-state index in [2.05, 4.69) is 24.4 Å². The maximum Gasteiger partial charge on any atom is 0.243 e. The number of hydrogen-bond acceptors (Lipinski definition) is 2. The highest BCUT2D eigenvalue weighted by Gasteiger charge is 2.31. The zero-order chi connectivity index (χ0) is 22.1. The van der Waals surface area contributed by atoms with Crippen LogP contribution in [-0.4, -0.2) is 28.8 Å². The quantitative estimate of drug-likeness (QED) is 0.607. The van der Waals surface area contributed by atoms with Gasteiger partial charge in [0.25, 0.3) is 0 Å². The van der Waals surface area contributed by atoms with E-state index in [4.69, 9.17) is 0 Å². The minimum absolute atomic E-state index is 0.0205. The van der Waals surface area contributed by atoms with Gasteiger partial charge in [0.2, 0.25) is 11.8 Å². The molecule has 4 heteroatoms. The monoisotopic (exact) mass is 420 g/mol. The Bertz CT molecular complexity index is 843. The molecular formula is C27H36N2O2. The molecular weight excluding hydrogens is 384 g/mol. The molecule has 2 aromatic carbocycles.